The molecule has 0 aliphatic carbocycles. The maximum absolute atomic E-state index is 10.9. The number of nitrogens with zero attached hydrogens (tertiary/aromatic N) is 2. The molecule has 1 aromatic rings. The third kappa shape index (κ3) is 3.52. The third-order valence-corrected chi connectivity index (χ3v) is 2.88. The Balaban J connectivity index is 1.87. The molecule has 0 bridgehead atoms. The van der Waals surface area contributed by atoms with Crippen molar-refractivity contribution >= 4 is 23.2 Å². The summed E-state index contributed by atoms with van der Waals surface area (Å²) in [7, 11) is 0. The summed E-state index contributed by atoms with van der Waals surface area (Å²) in [5.41, 5.74) is 1.20. The van der Waals surface area contributed by atoms with Gasteiger partial charge < -0.3 is 9.73 Å². The SMILES string of the molecule is CC(C)Cc1coc(CNC2=NS(=O)N=C2)c1. The van der Waals surface area contributed by atoms with Gasteiger partial charge in [-0.3, -0.25) is 0 Å². The minimum Gasteiger partial charge on any atom is -0.467 e. The fraction of sp³-hybridized carbons (Fsp3) is 0.455. The summed E-state index contributed by atoms with van der Waals surface area (Å²) in [5.74, 6) is 1.99. The maximum Gasteiger partial charge on any atom is 0.267 e. The van der Waals surface area contributed by atoms with E-state index in [4.69, 9.17) is 4.42 Å². The second-order valence-electron chi connectivity index (χ2n) is 4.31. The standard InChI is InChI=1S/C11H15N3O2S/c1-8(2)3-9-4-10(16-7-9)5-12-11-6-13-17(15)14-11/h4,6-8H,3,5H2,1-2H3,(H,12,14). The summed E-state index contributed by atoms with van der Waals surface area (Å²) in [6, 6.07) is 2.02. The van der Waals surface area contributed by atoms with Gasteiger partial charge in [-0.25, -0.2) is 4.21 Å². The largest absolute Gasteiger partial charge is 0.467 e. The molecule has 0 amide bonds. The second-order valence-corrected chi connectivity index (χ2v) is 5.17. The fourth-order valence-corrected chi connectivity index (χ4v) is 2.10. The zero-order valence-electron chi connectivity index (χ0n) is 9.84. The Labute approximate surface area is 103 Å². The highest BCUT2D eigenvalue weighted by Crippen LogP contribution is 2.12. The molecule has 0 spiro atoms. The minimum atomic E-state index is -1.45. The Morgan fingerprint density at radius 3 is 3.00 bits per heavy atom. The number of nitrogens with one attached hydrogen (secondary N) is 1. The first kappa shape index (κ1) is 12.0. The molecule has 1 unspecified atom stereocenters. The van der Waals surface area contributed by atoms with E-state index in [0.717, 1.165) is 12.2 Å². The van der Waals surface area contributed by atoms with Gasteiger partial charge in [0.1, 0.15) is 5.76 Å². The molecule has 92 valence electrons. The maximum atomic E-state index is 10.9. The Kier molecular flexibility index (Phi) is 3.73. The van der Waals surface area contributed by atoms with Crippen LogP contribution in [-0.2, 0) is 24.1 Å². The fourth-order valence-electron chi connectivity index (χ4n) is 1.58. The molecule has 0 saturated heterocycles. The molecule has 1 aliphatic heterocycles. The van der Waals surface area contributed by atoms with Crippen molar-refractivity contribution in [2.24, 2.45) is 14.7 Å². The Hall–Kier alpha value is -1.43. The summed E-state index contributed by atoms with van der Waals surface area (Å²) in [4.78, 5) is 0. The lowest BCUT2D eigenvalue weighted by atomic mass is 10.1. The topological polar surface area (TPSA) is 67.0 Å². The van der Waals surface area contributed by atoms with Gasteiger partial charge in [0, 0.05) is 0 Å². The molecule has 0 fully saturated rings. The van der Waals surface area contributed by atoms with Gasteiger partial charge in [0.2, 0.25) is 0 Å². The highest BCUT2D eigenvalue weighted by Gasteiger charge is 2.08. The summed E-state index contributed by atoms with van der Waals surface area (Å²) in [6.07, 6.45) is 4.25. The summed E-state index contributed by atoms with van der Waals surface area (Å²) >= 11 is -1.45. The predicted molar refractivity (Wildman–Crippen MR) is 68.2 cm³/mol. The molecule has 0 aromatic carbocycles. The smallest absolute Gasteiger partial charge is 0.267 e. The van der Waals surface area contributed by atoms with Gasteiger partial charge in [-0.05, 0) is 24.0 Å². The van der Waals surface area contributed by atoms with E-state index in [9.17, 15) is 4.21 Å². The van der Waals surface area contributed by atoms with E-state index in [-0.39, 0.29) is 0 Å². The van der Waals surface area contributed by atoms with Gasteiger partial charge in [-0.2, -0.15) is 4.40 Å². The Bertz CT molecular complexity index is 477. The van der Waals surface area contributed by atoms with Crippen LogP contribution >= 0.6 is 0 Å². The number of rotatable bonds is 4. The quantitative estimate of drug-likeness (QED) is 0.886. The van der Waals surface area contributed by atoms with Crippen LogP contribution in [0.25, 0.3) is 0 Å². The van der Waals surface area contributed by atoms with Crippen LogP contribution in [0.4, 0.5) is 0 Å². The van der Waals surface area contributed by atoms with Crippen molar-refractivity contribution in [3.8, 4) is 0 Å². The molecule has 1 N–H and O–H groups in total. The van der Waals surface area contributed by atoms with Crippen LogP contribution in [0.15, 0.2) is 25.5 Å². The first-order valence-corrected chi connectivity index (χ1v) is 6.55. The zero-order chi connectivity index (χ0) is 12.3. The predicted octanol–water partition coefficient (Wildman–Crippen LogP) is 1.63. The Morgan fingerprint density at radius 1 is 1.53 bits per heavy atom. The van der Waals surface area contributed by atoms with Crippen LogP contribution in [0.2, 0.25) is 0 Å². The molecule has 0 saturated carbocycles. The number of furan rings is 1. The average Bonchev–Trinajstić information content (AvgIpc) is 2.84. The van der Waals surface area contributed by atoms with Crippen molar-refractivity contribution in [2.45, 2.75) is 26.8 Å². The molecule has 0 radical (unpaired) electrons. The highest BCUT2D eigenvalue weighted by atomic mass is 32.2. The van der Waals surface area contributed by atoms with E-state index in [1.54, 1.807) is 6.26 Å². The van der Waals surface area contributed by atoms with E-state index >= 15 is 0 Å². The Morgan fingerprint density at radius 2 is 2.35 bits per heavy atom. The molecule has 6 heteroatoms. The van der Waals surface area contributed by atoms with Gasteiger partial charge in [0.25, 0.3) is 11.2 Å². The molecule has 1 aromatic heterocycles. The van der Waals surface area contributed by atoms with Crippen LogP contribution in [-0.4, -0.2) is 16.3 Å². The van der Waals surface area contributed by atoms with Crippen LogP contribution in [0.1, 0.15) is 25.2 Å². The summed E-state index contributed by atoms with van der Waals surface area (Å²) in [6.45, 7) is 4.87. The molecule has 5 nitrogen and oxygen atoms in total. The van der Waals surface area contributed by atoms with Crippen molar-refractivity contribution in [3.05, 3.63) is 23.7 Å². The lowest BCUT2D eigenvalue weighted by Crippen LogP contribution is -2.22. The lowest BCUT2D eigenvalue weighted by Gasteiger charge is -1.99. The molecular weight excluding hydrogens is 238 g/mol. The van der Waals surface area contributed by atoms with Crippen molar-refractivity contribution in [1.82, 2.24) is 5.32 Å². The van der Waals surface area contributed by atoms with Crippen LogP contribution in [0.5, 0.6) is 0 Å². The second kappa shape index (κ2) is 5.27. The van der Waals surface area contributed by atoms with Crippen molar-refractivity contribution < 1.29 is 8.63 Å². The minimum absolute atomic E-state index is 0.528. The number of hydrogen-bond donors (Lipinski definition) is 1. The third-order valence-electron chi connectivity index (χ3n) is 2.24. The van der Waals surface area contributed by atoms with Gasteiger partial charge >= 0.3 is 0 Å². The first-order chi connectivity index (χ1) is 8.13. The summed E-state index contributed by atoms with van der Waals surface area (Å²) in [5, 5.41) is 3.01. The van der Waals surface area contributed by atoms with Crippen molar-refractivity contribution in [2.75, 3.05) is 0 Å². The normalized spacial score (nSPS) is 18.8. The van der Waals surface area contributed by atoms with E-state index in [1.807, 2.05) is 6.07 Å². The number of hydrogen-bond acceptors (Lipinski definition) is 3. The lowest BCUT2D eigenvalue weighted by molar-refractivity contribution is 0.500. The zero-order valence-corrected chi connectivity index (χ0v) is 10.7. The highest BCUT2D eigenvalue weighted by molar-refractivity contribution is 7.83. The molecule has 1 aliphatic rings. The number of amidine groups is 1. The monoisotopic (exact) mass is 253 g/mol. The van der Waals surface area contributed by atoms with Crippen LogP contribution in [0, 0.1) is 5.92 Å². The molecule has 1 atom stereocenters. The van der Waals surface area contributed by atoms with Crippen LogP contribution in [0.3, 0.4) is 0 Å². The first-order valence-electron chi connectivity index (χ1n) is 5.48. The van der Waals surface area contributed by atoms with E-state index in [2.05, 4.69) is 28.0 Å². The van der Waals surface area contributed by atoms with Crippen molar-refractivity contribution in [3.63, 3.8) is 0 Å². The van der Waals surface area contributed by atoms with Crippen LogP contribution < -0.4 is 5.32 Å². The molecular formula is C11H15N3O2S. The molecule has 2 heterocycles. The van der Waals surface area contributed by atoms with E-state index < -0.39 is 11.2 Å². The van der Waals surface area contributed by atoms with Gasteiger partial charge in [0.15, 0.2) is 5.84 Å². The summed E-state index contributed by atoms with van der Waals surface area (Å²) < 4.78 is 23.7. The van der Waals surface area contributed by atoms with E-state index in [0.29, 0.717) is 18.3 Å². The van der Waals surface area contributed by atoms with E-state index in [1.165, 1.54) is 11.8 Å². The average molecular weight is 253 g/mol. The molecule has 17 heavy (non-hydrogen) atoms. The van der Waals surface area contributed by atoms with Gasteiger partial charge in [-0.15, -0.1) is 4.40 Å². The van der Waals surface area contributed by atoms with Gasteiger partial charge in [0.05, 0.1) is 19.0 Å². The van der Waals surface area contributed by atoms with Crippen molar-refractivity contribution in [1.29, 1.82) is 0 Å². The molecule has 2 rings (SSSR count). The van der Waals surface area contributed by atoms with Gasteiger partial charge in [-0.1, -0.05) is 13.8 Å².